The molecule has 0 amide bonds. The van der Waals surface area contributed by atoms with Crippen molar-refractivity contribution >= 4 is 5.57 Å². The summed E-state index contributed by atoms with van der Waals surface area (Å²) in [5.74, 6) is 0. The Morgan fingerprint density at radius 3 is 2.00 bits per heavy atom. The van der Waals surface area contributed by atoms with Gasteiger partial charge in [0.25, 0.3) is 0 Å². The van der Waals surface area contributed by atoms with Gasteiger partial charge in [0.05, 0.1) is 0 Å². The van der Waals surface area contributed by atoms with Gasteiger partial charge in [-0.15, -0.1) is 6.58 Å². The average molecular weight is 220 g/mol. The molecule has 0 atom stereocenters. The van der Waals surface area contributed by atoms with E-state index in [1.54, 1.807) is 6.08 Å². The standard InChI is InChI=1S/C11H14.C3H6.CH4O/c1-4-9(2)11-8-6-5-7-10(11)3;1-3-2;1-2/h4-8H,1-3H3;3H,1H2,2H3;2H,1H3/b9-4-;;. The van der Waals surface area contributed by atoms with Crippen LogP contribution in [0.4, 0.5) is 0 Å². The zero-order valence-corrected chi connectivity index (χ0v) is 11.1. The molecule has 0 spiro atoms. The lowest BCUT2D eigenvalue weighted by Gasteiger charge is -2.03. The Morgan fingerprint density at radius 2 is 1.62 bits per heavy atom. The highest BCUT2D eigenvalue weighted by molar-refractivity contribution is 5.65. The summed E-state index contributed by atoms with van der Waals surface area (Å²) in [4.78, 5) is 0. The van der Waals surface area contributed by atoms with Crippen LogP contribution in [0.5, 0.6) is 0 Å². The van der Waals surface area contributed by atoms with E-state index in [1.165, 1.54) is 16.7 Å². The van der Waals surface area contributed by atoms with Gasteiger partial charge in [-0.05, 0) is 44.4 Å². The molecule has 0 fully saturated rings. The second-order valence-corrected chi connectivity index (χ2v) is 3.19. The monoisotopic (exact) mass is 220 g/mol. The summed E-state index contributed by atoms with van der Waals surface area (Å²) in [6, 6.07) is 8.45. The molecule has 0 saturated carbocycles. The van der Waals surface area contributed by atoms with E-state index in [0.717, 1.165) is 7.11 Å². The number of benzene rings is 1. The van der Waals surface area contributed by atoms with Crippen molar-refractivity contribution in [2.24, 2.45) is 0 Å². The van der Waals surface area contributed by atoms with Crippen LogP contribution < -0.4 is 0 Å². The van der Waals surface area contributed by atoms with Crippen LogP contribution in [0.25, 0.3) is 5.57 Å². The molecule has 90 valence electrons. The Balaban J connectivity index is 0. The molecule has 1 aromatic carbocycles. The fraction of sp³-hybridized carbons (Fsp3) is 0.333. The van der Waals surface area contributed by atoms with Crippen LogP contribution >= 0.6 is 0 Å². The molecule has 0 saturated heterocycles. The quantitative estimate of drug-likeness (QED) is 0.703. The Hall–Kier alpha value is -1.34. The fourth-order valence-corrected chi connectivity index (χ4v) is 1.17. The highest BCUT2D eigenvalue weighted by Gasteiger charge is 1.95. The van der Waals surface area contributed by atoms with Gasteiger partial charge >= 0.3 is 0 Å². The summed E-state index contributed by atoms with van der Waals surface area (Å²) in [5, 5.41) is 7.00. The summed E-state index contributed by atoms with van der Waals surface area (Å²) >= 11 is 0. The van der Waals surface area contributed by atoms with Crippen LogP contribution in [0.3, 0.4) is 0 Å². The summed E-state index contributed by atoms with van der Waals surface area (Å²) in [6.45, 7) is 11.6. The SMILES string of the molecule is C/C=C(/C)c1ccccc1C.C=CC.CO. The highest BCUT2D eigenvalue weighted by atomic mass is 16.2. The van der Waals surface area contributed by atoms with Gasteiger partial charge in [-0.2, -0.15) is 0 Å². The van der Waals surface area contributed by atoms with Crippen LogP contribution in [0.2, 0.25) is 0 Å². The van der Waals surface area contributed by atoms with E-state index < -0.39 is 0 Å². The first kappa shape index (κ1) is 17.1. The van der Waals surface area contributed by atoms with Crippen molar-refractivity contribution in [3.05, 3.63) is 54.1 Å². The third-order valence-electron chi connectivity index (χ3n) is 2.00. The largest absolute Gasteiger partial charge is 0.400 e. The van der Waals surface area contributed by atoms with Gasteiger partial charge in [-0.1, -0.05) is 36.4 Å². The minimum Gasteiger partial charge on any atom is -0.400 e. The van der Waals surface area contributed by atoms with E-state index in [-0.39, 0.29) is 0 Å². The second kappa shape index (κ2) is 11.7. The molecular formula is C15H24O. The van der Waals surface area contributed by atoms with E-state index in [1.807, 2.05) is 6.92 Å². The van der Waals surface area contributed by atoms with Gasteiger partial charge in [0.2, 0.25) is 0 Å². The molecule has 0 aromatic heterocycles. The molecule has 1 aromatic rings. The van der Waals surface area contributed by atoms with Gasteiger partial charge in [-0.3, -0.25) is 0 Å². The van der Waals surface area contributed by atoms with Crippen molar-refractivity contribution in [2.75, 3.05) is 7.11 Å². The predicted octanol–water partition coefficient (Wildman–Crippen LogP) is 4.22. The third kappa shape index (κ3) is 7.02. The lowest BCUT2D eigenvalue weighted by molar-refractivity contribution is 0.399. The first-order valence-corrected chi connectivity index (χ1v) is 5.38. The molecule has 0 aliphatic rings. The van der Waals surface area contributed by atoms with Crippen molar-refractivity contribution in [3.8, 4) is 0 Å². The van der Waals surface area contributed by atoms with E-state index in [9.17, 15) is 0 Å². The molecule has 1 rings (SSSR count). The lowest BCUT2D eigenvalue weighted by Crippen LogP contribution is -1.83. The number of hydrogen-bond donors (Lipinski definition) is 1. The van der Waals surface area contributed by atoms with Crippen LogP contribution in [-0.4, -0.2) is 12.2 Å². The molecule has 0 bridgehead atoms. The van der Waals surface area contributed by atoms with Crippen molar-refractivity contribution in [3.63, 3.8) is 0 Å². The maximum atomic E-state index is 7.00. The maximum absolute atomic E-state index is 7.00. The molecular weight excluding hydrogens is 196 g/mol. The Labute approximate surface area is 100 Å². The maximum Gasteiger partial charge on any atom is 0.0319 e. The predicted molar refractivity (Wildman–Crippen MR) is 74.5 cm³/mol. The average Bonchev–Trinajstić information content (AvgIpc) is 2.32. The summed E-state index contributed by atoms with van der Waals surface area (Å²) < 4.78 is 0. The van der Waals surface area contributed by atoms with Gasteiger partial charge in [0.15, 0.2) is 0 Å². The van der Waals surface area contributed by atoms with E-state index in [4.69, 9.17) is 5.11 Å². The number of aryl methyl sites for hydroxylation is 1. The Morgan fingerprint density at radius 1 is 1.19 bits per heavy atom. The Bertz CT molecular complexity index is 311. The van der Waals surface area contributed by atoms with Gasteiger partial charge < -0.3 is 5.11 Å². The number of rotatable bonds is 1. The minimum absolute atomic E-state index is 1.00. The number of aliphatic hydroxyl groups excluding tert-OH is 1. The van der Waals surface area contributed by atoms with Crippen LogP contribution in [0.15, 0.2) is 43.0 Å². The van der Waals surface area contributed by atoms with E-state index in [2.05, 4.69) is 57.7 Å². The first-order valence-electron chi connectivity index (χ1n) is 5.38. The Kier molecular flexibility index (Phi) is 12.5. The molecule has 0 unspecified atom stereocenters. The zero-order valence-electron chi connectivity index (χ0n) is 11.1. The van der Waals surface area contributed by atoms with Crippen molar-refractivity contribution < 1.29 is 5.11 Å². The van der Waals surface area contributed by atoms with Crippen molar-refractivity contribution in [1.82, 2.24) is 0 Å². The number of allylic oxidation sites excluding steroid dienone is 3. The summed E-state index contributed by atoms with van der Waals surface area (Å²) in [6.07, 6.45) is 3.89. The molecule has 1 nitrogen and oxygen atoms in total. The number of aliphatic hydroxyl groups is 1. The molecule has 0 radical (unpaired) electrons. The molecule has 1 heteroatoms. The normalized spacial score (nSPS) is 9.25. The first-order chi connectivity index (χ1) is 7.67. The summed E-state index contributed by atoms with van der Waals surface area (Å²) in [7, 11) is 1.00. The molecule has 16 heavy (non-hydrogen) atoms. The number of hydrogen-bond acceptors (Lipinski definition) is 1. The fourth-order valence-electron chi connectivity index (χ4n) is 1.17. The van der Waals surface area contributed by atoms with Gasteiger partial charge in [0, 0.05) is 7.11 Å². The van der Waals surface area contributed by atoms with Gasteiger partial charge in [-0.25, -0.2) is 0 Å². The summed E-state index contributed by atoms with van der Waals surface area (Å²) in [5.41, 5.74) is 4.06. The third-order valence-corrected chi connectivity index (χ3v) is 2.00. The van der Waals surface area contributed by atoms with Crippen molar-refractivity contribution in [1.29, 1.82) is 0 Å². The smallest absolute Gasteiger partial charge is 0.0319 e. The van der Waals surface area contributed by atoms with E-state index >= 15 is 0 Å². The topological polar surface area (TPSA) is 20.2 Å². The molecule has 0 heterocycles. The minimum atomic E-state index is 1.00. The molecule has 0 aliphatic carbocycles. The van der Waals surface area contributed by atoms with Crippen LogP contribution in [0, 0.1) is 6.92 Å². The van der Waals surface area contributed by atoms with Crippen LogP contribution in [-0.2, 0) is 0 Å². The highest BCUT2D eigenvalue weighted by Crippen LogP contribution is 2.16. The zero-order chi connectivity index (χ0) is 13.0. The van der Waals surface area contributed by atoms with Crippen molar-refractivity contribution in [2.45, 2.75) is 27.7 Å². The lowest BCUT2D eigenvalue weighted by atomic mass is 10.0. The second-order valence-electron chi connectivity index (χ2n) is 3.19. The van der Waals surface area contributed by atoms with Gasteiger partial charge in [0.1, 0.15) is 0 Å². The van der Waals surface area contributed by atoms with E-state index in [0.29, 0.717) is 0 Å². The molecule has 0 aliphatic heterocycles. The van der Waals surface area contributed by atoms with Crippen LogP contribution in [0.1, 0.15) is 31.9 Å². The molecule has 1 N–H and O–H groups in total.